The Morgan fingerprint density at radius 2 is 2.00 bits per heavy atom. The van der Waals surface area contributed by atoms with Gasteiger partial charge in [-0.15, -0.1) is 11.3 Å². The van der Waals surface area contributed by atoms with Crippen molar-refractivity contribution in [2.45, 2.75) is 66.2 Å². The summed E-state index contributed by atoms with van der Waals surface area (Å²) in [6.07, 6.45) is 3.84. The van der Waals surface area contributed by atoms with E-state index in [2.05, 4.69) is 26.1 Å². The number of amides is 1. The topological polar surface area (TPSA) is 92.7 Å². The number of methoxy groups -OCH3 is 1. The van der Waals surface area contributed by atoms with E-state index >= 15 is 0 Å². The molecule has 1 aromatic rings. The lowest BCUT2D eigenvalue weighted by atomic mass is 9.69. The highest BCUT2D eigenvalue weighted by Crippen LogP contribution is 2.45. The summed E-state index contributed by atoms with van der Waals surface area (Å²) in [5, 5.41) is 12.2. The van der Waals surface area contributed by atoms with Crippen molar-refractivity contribution in [2.24, 2.45) is 17.3 Å². The molecule has 6 nitrogen and oxygen atoms in total. The molecule has 2 N–H and O–H groups in total. The fourth-order valence-electron chi connectivity index (χ4n) is 3.81. The van der Waals surface area contributed by atoms with E-state index in [0.717, 1.165) is 36.1 Å². The van der Waals surface area contributed by atoms with Gasteiger partial charge in [-0.1, -0.05) is 34.1 Å². The molecule has 0 spiro atoms. The summed E-state index contributed by atoms with van der Waals surface area (Å²) in [7, 11) is 1.35. The van der Waals surface area contributed by atoms with E-state index in [0.29, 0.717) is 16.5 Å². The number of carboxylic acid groups (broad SMARTS) is 1. The Labute approximate surface area is 170 Å². The lowest BCUT2D eigenvalue weighted by Gasteiger charge is -2.36. The first kappa shape index (κ1) is 22.4. The van der Waals surface area contributed by atoms with Crippen molar-refractivity contribution in [3.8, 4) is 0 Å². The monoisotopic (exact) mass is 409 g/mol. The molecule has 156 valence electrons. The minimum Gasteiger partial charge on any atom is -0.481 e. The van der Waals surface area contributed by atoms with Crippen LogP contribution in [0.4, 0.5) is 5.00 Å². The van der Waals surface area contributed by atoms with Crippen LogP contribution < -0.4 is 5.32 Å². The van der Waals surface area contributed by atoms with Crippen LogP contribution in [-0.2, 0) is 27.2 Å². The average molecular weight is 410 g/mol. The highest BCUT2D eigenvalue weighted by Gasteiger charge is 2.35. The molecule has 2 rings (SSSR count). The summed E-state index contributed by atoms with van der Waals surface area (Å²) in [4.78, 5) is 36.8. The molecule has 7 heteroatoms. The number of anilines is 1. The van der Waals surface area contributed by atoms with Crippen molar-refractivity contribution < 1.29 is 24.2 Å². The first-order valence-corrected chi connectivity index (χ1v) is 10.6. The van der Waals surface area contributed by atoms with E-state index in [1.165, 1.54) is 18.4 Å². The molecule has 1 aliphatic rings. The normalized spacial score (nSPS) is 17.5. The molecule has 1 aromatic heterocycles. The first-order valence-electron chi connectivity index (χ1n) is 9.83. The van der Waals surface area contributed by atoms with Gasteiger partial charge < -0.3 is 15.2 Å². The summed E-state index contributed by atoms with van der Waals surface area (Å²) in [6, 6.07) is 0. The number of nitrogens with one attached hydrogen (secondary N) is 1. The van der Waals surface area contributed by atoms with Gasteiger partial charge in [0.2, 0.25) is 5.91 Å². The molecule has 0 radical (unpaired) electrons. The predicted molar refractivity (Wildman–Crippen MR) is 110 cm³/mol. The zero-order valence-corrected chi connectivity index (χ0v) is 18.2. The van der Waals surface area contributed by atoms with Gasteiger partial charge in [-0.05, 0) is 42.1 Å². The summed E-state index contributed by atoms with van der Waals surface area (Å²) < 4.78 is 4.97. The molecule has 2 atom stereocenters. The molecule has 0 bridgehead atoms. The maximum atomic E-state index is 12.4. The maximum absolute atomic E-state index is 12.4. The third kappa shape index (κ3) is 5.13. The van der Waals surface area contributed by atoms with E-state index in [9.17, 15) is 14.4 Å². The minimum atomic E-state index is -0.924. The number of hydrogen-bond acceptors (Lipinski definition) is 5. The van der Waals surface area contributed by atoms with Gasteiger partial charge in [0.1, 0.15) is 5.00 Å². The smallest absolute Gasteiger partial charge is 0.341 e. The summed E-state index contributed by atoms with van der Waals surface area (Å²) >= 11 is 1.46. The second-order valence-corrected chi connectivity index (χ2v) is 9.54. The van der Waals surface area contributed by atoms with Gasteiger partial charge in [0.05, 0.1) is 12.7 Å². The van der Waals surface area contributed by atoms with Crippen molar-refractivity contribution in [3.05, 3.63) is 16.0 Å². The molecular weight excluding hydrogens is 378 g/mol. The van der Waals surface area contributed by atoms with Gasteiger partial charge in [-0.25, -0.2) is 4.79 Å². The van der Waals surface area contributed by atoms with Gasteiger partial charge in [0, 0.05) is 17.7 Å². The van der Waals surface area contributed by atoms with Crippen LogP contribution in [0.2, 0.25) is 0 Å². The lowest BCUT2D eigenvalue weighted by Crippen LogP contribution is -2.28. The van der Waals surface area contributed by atoms with Crippen LogP contribution in [0.3, 0.4) is 0 Å². The Hall–Kier alpha value is -1.89. The highest BCUT2D eigenvalue weighted by molar-refractivity contribution is 7.17. The molecule has 0 aliphatic heterocycles. The number of rotatable bonds is 8. The number of fused-ring (bicyclic) bond motifs is 1. The summed E-state index contributed by atoms with van der Waals surface area (Å²) in [5.74, 6) is -1.37. The number of hydrogen-bond donors (Lipinski definition) is 2. The number of carbonyl (C=O) groups excluding carboxylic acids is 2. The quantitative estimate of drug-likeness (QED) is 0.616. The summed E-state index contributed by atoms with van der Waals surface area (Å²) in [5.41, 5.74) is 1.69. The number of carboxylic acids is 1. The van der Waals surface area contributed by atoms with Crippen molar-refractivity contribution in [3.63, 3.8) is 0 Å². The Balaban J connectivity index is 2.24. The van der Waals surface area contributed by atoms with Crippen molar-refractivity contribution in [2.75, 3.05) is 12.4 Å². The predicted octanol–water partition coefficient (Wildman–Crippen LogP) is 4.52. The Morgan fingerprint density at radius 3 is 2.57 bits per heavy atom. The number of thiophene rings is 1. The lowest BCUT2D eigenvalue weighted by molar-refractivity contribution is -0.138. The summed E-state index contributed by atoms with van der Waals surface area (Å²) in [6.45, 7) is 8.49. The van der Waals surface area contributed by atoms with E-state index in [1.54, 1.807) is 6.92 Å². The van der Waals surface area contributed by atoms with Gasteiger partial charge in [0.15, 0.2) is 0 Å². The molecule has 0 aromatic carbocycles. The maximum Gasteiger partial charge on any atom is 0.341 e. The number of ether oxygens (including phenoxy) is 1. The van der Waals surface area contributed by atoms with E-state index in [-0.39, 0.29) is 30.1 Å². The van der Waals surface area contributed by atoms with Gasteiger partial charge in [0.25, 0.3) is 0 Å². The van der Waals surface area contributed by atoms with Crippen molar-refractivity contribution in [1.82, 2.24) is 0 Å². The highest BCUT2D eigenvalue weighted by atomic mass is 32.1. The fraction of sp³-hybridized carbons (Fsp3) is 0.667. The number of esters is 1. The van der Waals surface area contributed by atoms with E-state index in [1.807, 2.05) is 0 Å². The van der Waals surface area contributed by atoms with Gasteiger partial charge in [-0.3, -0.25) is 9.59 Å². The second-order valence-electron chi connectivity index (χ2n) is 8.44. The third-order valence-electron chi connectivity index (χ3n) is 5.98. The van der Waals surface area contributed by atoms with Crippen LogP contribution >= 0.6 is 11.3 Å². The first-order chi connectivity index (χ1) is 13.1. The third-order valence-corrected chi connectivity index (χ3v) is 7.15. The van der Waals surface area contributed by atoms with Gasteiger partial charge in [-0.2, -0.15) is 0 Å². The Morgan fingerprint density at radius 1 is 1.32 bits per heavy atom. The Kier molecular flexibility index (Phi) is 7.26. The Bertz CT molecular complexity index is 752. The molecule has 0 fully saturated rings. The molecular formula is C21H31NO5S. The van der Waals surface area contributed by atoms with Crippen LogP contribution in [0.5, 0.6) is 0 Å². The largest absolute Gasteiger partial charge is 0.481 e. The van der Waals surface area contributed by atoms with Crippen LogP contribution in [0.25, 0.3) is 0 Å². The fourth-order valence-corrected chi connectivity index (χ4v) is 5.14. The van der Waals surface area contributed by atoms with Crippen LogP contribution in [0.1, 0.15) is 74.2 Å². The van der Waals surface area contributed by atoms with Gasteiger partial charge >= 0.3 is 11.9 Å². The average Bonchev–Trinajstić information content (AvgIpc) is 2.96. The zero-order valence-electron chi connectivity index (χ0n) is 17.4. The molecule has 0 saturated heterocycles. The second kappa shape index (κ2) is 9.07. The minimum absolute atomic E-state index is 0.0635. The van der Waals surface area contributed by atoms with E-state index < -0.39 is 11.9 Å². The molecule has 0 saturated carbocycles. The van der Waals surface area contributed by atoms with Crippen LogP contribution in [0.15, 0.2) is 0 Å². The number of aliphatic carboxylic acids is 1. The van der Waals surface area contributed by atoms with E-state index in [4.69, 9.17) is 9.84 Å². The van der Waals surface area contributed by atoms with Crippen LogP contribution in [-0.4, -0.2) is 30.1 Å². The standard InChI is InChI=1S/C21H31NO5S/c1-6-21(3,4)13-7-8-14-15(11-13)28-19(18(14)20(26)27-5)22-16(23)9-12(2)10-17(24)25/h12-13H,6-11H2,1-5H3,(H,22,23)(H,24,25)/t12-,13-/m0/s1. The molecule has 1 heterocycles. The van der Waals surface area contributed by atoms with Crippen molar-refractivity contribution >= 4 is 34.2 Å². The molecule has 0 unspecified atom stereocenters. The molecule has 1 aliphatic carbocycles. The van der Waals surface area contributed by atoms with Crippen molar-refractivity contribution in [1.29, 1.82) is 0 Å². The van der Waals surface area contributed by atoms with Crippen LogP contribution in [0, 0.1) is 17.3 Å². The number of carbonyl (C=O) groups is 3. The molecule has 1 amide bonds. The zero-order chi connectivity index (χ0) is 21.1. The molecule has 28 heavy (non-hydrogen) atoms. The SMILES string of the molecule is CCC(C)(C)[C@H]1CCc2c(sc(NC(=O)C[C@H](C)CC(=O)O)c2C(=O)OC)C1.